The summed E-state index contributed by atoms with van der Waals surface area (Å²) in [5.41, 5.74) is 5.63. The van der Waals surface area contributed by atoms with Crippen molar-refractivity contribution in [1.29, 1.82) is 5.41 Å². The normalized spacial score (nSPS) is 34.4. The van der Waals surface area contributed by atoms with Crippen molar-refractivity contribution >= 4 is 5.84 Å². The van der Waals surface area contributed by atoms with E-state index in [0.29, 0.717) is 17.9 Å². The molecule has 2 aliphatic rings. The van der Waals surface area contributed by atoms with E-state index in [-0.39, 0.29) is 6.04 Å². The van der Waals surface area contributed by atoms with Crippen LogP contribution in [0.1, 0.15) is 26.2 Å². The highest BCUT2D eigenvalue weighted by Crippen LogP contribution is 2.31. The molecule has 4 nitrogen and oxygen atoms in total. The van der Waals surface area contributed by atoms with Crippen LogP contribution in [0.15, 0.2) is 0 Å². The Morgan fingerprint density at radius 3 is 2.50 bits per heavy atom. The molecule has 0 saturated carbocycles. The zero-order valence-electron chi connectivity index (χ0n) is 8.70. The summed E-state index contributed by atoms with van der Waals surface area (Å²) in [5.74, 6) is 0.311. The summed E-state index contributed by atoms with van der Waals surface area (Å²) < 4.78 is 5.51. The van der Waals surface area contributed by atoms with Gasteiger partial charge in [-0.15, -0.1) is 0 Å². The minimum Gasteiger partial charge on any atom is -0.386 e. The Morgan fingerprint density at radius 2 is 2.07 bits per heavy atom. The molecule has 3 N–H and O–H groups in total. The summed E-state index contributed by atoms with van der Waals surface area (Å²) in [7, 11) is 0. The smallest absolute Gasteiger partial charge is 0.108 e. The van der Waals surface area contributed by atoms with Crippen molar-refractivity contribution in [2.75, 3.05) is 13.2 Å². The molecule has 0 aromatic heterocycles. The molecule has 4 heteroatoms. The molecule has 0 aromatic rings. The molecule has 2 rings (SSSR count). The van der Waals surface area contributed by atoms with Gasteiger partial charge in [0.05, 0.1) is 19.3 Å². The molecule has 3 atom stereocenters. The first kappa shape index (κ1) is 9.93. The second-order valence-corrected chi connectivity index (χ2v) is 4.25. The second-order valence-electron chi connectivity index (χ2n) is 4.25. The maximum absolute atomic E-state index is 7.59. The van der Waals surface area contributed by atoms with Crippen LogP contribution in [0.3, 0.4) is 0 Å². The molecule has 0 aromatic carbocycles. The number of nitrogens with two attached hydrogens (primary N) is 1. The van der Waals surface area contributed by atoms with E-state index >= 15 is 0 Å². The molecular weight excluding hydrogens is 178 g/mol. The van der Waals surface area contributed by atoms with Gasteiger partial charge in [0.1, 0.15) is 5.84 Å². The highest BCUT2D eigenvalue weighted by molar-refractivity contribution is 5.82. The van der Waals surface area contributed by atoms with E-state index in [4.69, 9.17) is 15.9 Å². The van der Waals surface area contributed by atoms with E-state index < -0.39 is 0 Å². The molecule has 3 unspecified atom stereocenters. The van der Waals surface area contributed by atoms with Crippen molar-refractivity contribution in [3.05, 3.63) is 0 Å². The van der Waals surface area contributed by atoms with E-state index in [9.17, 15) is 0 Å². The number of morpholine rings is 1. The SMILES string of the molecule is CCC(C(=N)N)N1C2CCC1COC2. The summed E-state index contributed by atoms with van der Waals surface area (Å²) in [6, 6.07) is 1.14. The van der Waals surface area contributed by atoms with Gasteiger partial charge in [0.15, 0.2) is 0 Å². The maximum Gasteiger partial charge on any atom is 0.108 e. The zero-order valence-corrected chi connectivity index (χ0v) is 8.70. The topological polar surface area (TPSA) is 62.3 Å². The Labute approximate surface area is 84.9 Å². The van der Waals surface area contributed by atoms with Crippen LogP contribution in [-0.4, -0.2) is 42.1 Å². The first-order valence-electron chi connectivity index (χ1n) is 5.43. The molecule has 0 spiro atoms. The van der Waals surface area contributed by atoms with Crippen molar-refractivity contribution in [2.24, 2.45) is 5.73 Å². The standard InChI is InChI=1S/C10H19N3O/c1-2-9(10(11)12)13-7-3-4-8(13)6-14-5-7/h7-9H,2-6H2,1H3,(H3,11,12). The minimum atomic E-state index is 0.136. The van der Waals surface area contributed by atoms with E-state index in [0.717, 1.165) is 19.6 Å². The maximum atomic E-state index is 7.59. The van der Waals surface area contributed by atoms with Gasteiger partial charge >= 0.3 is 0 Å². The number of fused-ring (bicyclic) bond motifs is 2. The van der Waals surface area contributed by atoms with Crippen molar-refractivity contribution in [2.45, 2.75) is 44.3 Å². The van der Waals surface area contributed by atoms with Crippen LogP contribution in [0.2, 0.25) is 0 Å². The summed E-state index contributed by atoms with van der Waals surface area (Å²) in [4.78, 5) is 2.41. The van der Waals surface area contributed by atoms with E-state index in [2.05, 4.69) is 11.8 Å². The summed E-state index contributed by atoms with van der Waals surface area (Å²) in [6.45, 7) is 3.74. The molecule has 0 radical (unpaired) electrons. The second kappa shape index (κ2) is 3.87. The van der Waals surface area contributed by atoms with Gasteiger partial charge in [-0.25, -0.2) is 0 Å². The van der Waals surface area contributed by atoms with Crippen molar-refractivity contribution in [3.8, 4) is 0 Å². The van der Waals surface area contributed by atoms with Gasteiger partial charge in [-0.1, -0.05) is 6.92 Å². The lowest BCUT2D eigenvalue weighted by atomic mass is 10.1. The number of hydrogen-bond acceptors (Lipinski definition) is 3. The Hall–Kier alpha value is -0.610. The molecule has 80 valence electrons. The fraction of sp³-hybridized carbons (Fsp3) is 0.900. The third kappa shape index (κ3) is 1.53. The number of hydrogen-bond donors (Lipinski definition) is 2. The van der Waals surface area contributed by atoms with Crippen LogP contribution in [0.4, 0.5) is 0 Å². The number of nitrogens with zero attached hydrogens (tertiary/aromatic N) is 1. The summed E-state index contributed by atoms with van der Waals surface area (Å²) in [5, 5.41) is 7.59. The van der Waals surface area contributed by atoms with Gasteiger partial charge in [0, 0.05) is 12.1 Å². The van der Waals surface area contributed by atoms with Crippen LogP contribution in [0.25, 0.3) is 0 Å². The van der Waals surface area contributed by atoms with Gasteiger partial charge in [0.2, 0.25) is 0 Å². The first-order chi connectivity index (χ1) is 6.74. The van der Waals surface area contributed by atoms with Crippen LogP contribution in [0.5, 0.6) is 0 Å². The third-order valence-electron chi connectivity index (χ3n) is 3.40. The van der Waals surface area contributed by atoms with Gasteiger partial charge < -0.3 is 10.5 Å². The predicted molar refractivity (Wildman–Crippen MR) is 55.5 cm³/mol. The number of amidine groups is 1. The predicted octanol–water partition coefficient (Wildman–Crippen LogP) is 0.564. The average molecular weight is 197 g/mol. The first-order valence-corrected chi connectivity index (χ1v) is 5.43. The molecule has 2 heterocycles. The van der Waals surface area contributed by atoms with Gasteiger partial charge in [0.25, 0.3) is 0 Å². The molecule has 0 amide bonds. The molecule has 2 fully saturated rings. The number of ether oxygens (including phenoxy) is 1. The Kier molecular flexibility index (Phi) is 2.74. The fourth-order valence-electron chi connectivity index (χ4n) is 2.76. The molecular formula is C10H19N3O. The largest absolute Gasteiger partial charge is 0.386 e. The zero-order chi connectivity index (χ0) is 10.1. The average Bonchev–Trinajstić information content (AvgIpc) is 2.42. The Balaban J connectivity index is 2.12. The number of nitrogens with one attached hydrogen (secondary N) is 1. The summed E-state index contributed by atoms with van der Waals surface area (Å²) >= 11 is 0. The lowest BCUT2D eigenvalue weighted by Gasteiger charge is -2.39. The minimum absolute atomic E-state index is 0.136. The van der Waals surface area contributed by atoms with Crippen molar-refractivity contribution < 1.29 is 4.74 Å². The fourth-order valence-corrected chi connectivity index (χ4v) is 2.76. The Morgan fingerprint density at radius 1 is 1.50 bits per heavy atom. The molecule has 14 heavy (non-hydrogen) atoms. The van der Waals surface area contributed by atoms with Gasteiger partial charge in [-0.05, 0) is 19.3 Å². The molecule has 2 saturated heterocycles. The van der Waals surface area contributed by atoms with Gasteiger partial charge in [-0.2, -0.15) is 0 Å². The molecule has 0 aliphatic carbocycles. The number of rotatable bonds is 3. The van der Waals surface area contributed by atoms with Gasteiger partial charge in [-0.3, -0.25) is 10.3 Å². The third-order valence-corrected chi connectivity index (χ3v) is 3.40. The molecule has 2 bridgehead atoms. The Bertz CT molecular complexity index is 215. The van der Waals surface area contributed by atoms with E-state index in [1.54, 1.807) is 0 Å². The summed E-state index contributed by atoms with van der Waals surface area (Å²) in [6.07, 6.45) is 3.34. The van der Waals surface area contributed by atoms with Crippen LogP contribution < -0.4 is 5.73 Å². The monoisotopic (exact) mass is 197 g/mol. The van der Waals surface area contributed by atoms with E-state index in [1.807, 2.05) is 0 Å². The van der Waals surface area contributed by atoms with Crippen molar-refractivity contribution in [3.63, 3.8) is 0 Å². The highest BCUT2D eigenvalue weighted by Gasteiger charge is 2.41. The lowest BCUT2D eigenvalue weighted by Crippen LogP contribution is -2.55. The molecule has 2 aliphatic heterocycles. The van der Waals surface area contributed by atoms with Crippen LogP contribution in [0, 0.1) is 5.41 Å². The lowest BCUT2D eigenvalue weighted by molar-refractivity contribution is -0.0247. The van der Waals surface area contributed by atoms with Crippen molar-refractivity contribution in [1.82, 2.24) is 4.90 Å². The highest BCUT2D eigenvalue weighted by atomic mass is 16.5. The van der Waals surface area contributed by atoms with E-state index in [1.165, 1.54) is 12.8 Å². The quantitative estimate of drug-likeness (QED) is 0.513. The van der Waals surface area contributed by atoms with Crippen LogP contribution >= 0.6 is 0 Å². The van der Waals surface area contributed by atoms with Crippen LogP contribution in [-0.2, 0) is 4.74 Å².